The number of amides is 1. The molecule has 0 bridgehead atoms. The minimum atomic E-state index is -1.04. The van der Waals surface area contributed by atoms with Crippen molar-refractivity contribution in [2.45, 2.75) is 6.92 Å². The molecule has 1 amide bonds. The summed E-state index contributed by atoms with van der Waals surface area (Å²) < 4.78 is 13.0. The largest absolute Gasteiger partial charge is 0.325 e. The number of carbonyl (C=O) groups excluding carboxylic acids is 1. The van der Waals surface area contributed by atoms with E-state index in [1.165, 1.54) is 6.92 Å². The fourth-order valence-corrected chi connectivity index (χ4v) is 1.16. The maximum absolute atomic E-state index is 13.0. The second-order valence-electron chi connectivity index (χ2n) is 2.72. The molecule has 5 nitrogen and oxygen atoms in total. The summed E-state index contributed by atoms with van der Waals surface area (Å²) in [6.45, 7) is 1.21. The van der Waals surface area contributed by atoms with Gasteiger partial charge >= 0.3 is 5.69 Å². The summed E-state index contributed by atoms with van der Waals surface area (Å²) in [5.41, 5.74) is -0.722. The van der Waals surface area contributed by atoms with Gasteiger partial charge in [-0.25, -0.2) is 0 Å². The van der Waals surface area contributed by atoms with E-state index in [2.05, 4.69) is 5.32 Å². The van der Waals surface area contributed by atoms with Crippen molar-refractivity contribution in [1.82, 2.24) is 0 Å². The first-order valence-electron chi connectivity index (χ1n) is 3.83. The lowest BCUT2D eigenvalue weighted by Gasteiger charge is -2.04. The molecule has 0 spiro atoms. The van der Waals surface area contributed by atoms with Crippen LogP contribution in [0.25, 0.3) is 0 Å². The minimum absolute atomic E-state index is 0.0114. The normalized spacial score (nSPS) is 9.80. The van der Waals surface area contributed by atoms with Gasteiger partial charge in [0, 0.05) is 19.1 Å². The fourth-order valence-electron chi connectivity index (χ4n) is 0.963. The third kappa shape index (κ3) is 2.63. The third-order valence-corrected chi connectivity index (χ3v) is 1.86. The molecule has 0 aliphatic carbocycles. The van der Waals surface area contributed by atoms with Gasteiger partial charge in [0.25, 0.3) is 0 Å². The van der Waals surface area contributed by atoms with Crippen LogP contribution in [0.2, 0.25) is 5.02 Å². The van der Waals surface area contributed by atoms with Crippen LogP contribution in [0, 0.1) is 15.9 Å². The van der Waals surface area contributed by atoms with Crippen molar-refractivity contribution >= 4 is 28.9 Å². The molecule has 15 heavy (non-hydrogen) atoms. The molecule has 0 aliphatic rings. The lowest BCUT2D eigenvalue weighted by molar-refractivity contribution is -0.387. The summed E-state index contributed by atoms with van der Waals surface area (Å²) in [5, 5.41) is 12.5. The topological polar surface area (TPSA) is 72.2 Å². The average Bonchev–Trinajstić information content (AvgIpc) is 2.08. The van der Waals surface area contributed by atoms with Gasteiger partial charge in [-0.2, -0.15) is 4.39 Å². The maximum atomic E-state index is 13.0. The highest BCUT2D eigenvalue weighted by atomic mass is 35.5. The molecule has 1 rings (SSSR count). The van der Waals surface area contributed by atoms with Gasteiger partial charge in [-0.05, 0) is 0 Å². The van der Waals surface area contributed by atoms with Crippen molar-refractivity contribution in [3.63, 3.8) is 0 Å². The number of hydrogen-bond acceptors (Lipinski definition) is 3. The van der Waals surface area contributed by atoms with Crippen molar-refractivity contribution in [2.24, 2.45) is 0 Å². The number of rotatable bonds is 2. The third-order valence-electron chi connectivity index (χ3n) is 1.54. The Balaban J connectivity index is 3.23. The fraction of sp³-hybridized carbons (Fsp3) is 0.125. The standard InChI is InChI=1S/C8H6ClFN2O3/c1-4(13)11-7-3-8(12(14)15)6(10)2-5(7)9/h2-3H,1H3,(H,11,13). The van der Waals surface area contributed by atoms with Gasteiger partial charge in [0.15, 0.2) is 0 Å². The van der Waals surface area contributed by atoms with E-state index in [-0.39, 0.29) is 10.7 Å². The molecule has 1 aromatic carbocycles. The van der Waals surface area contributed by atoms with Crippen LogP contribution < -0.4 is 5.32 Å². The van der Waals surface area contributed by atoms with Gasteiger partial charge in [-0.1, -0.05) is 11.6 Å². The smallest absolute Gasteiger partial charge is 0.306 e. The van der Waals surface area contributed by atoms with E-state index in [4.69, 9.17) is 11.6 Å². The minimum Gasteiger partial charge on any atom is -0.325 e. The van der Waals surface area contributed by atoms with E-state index in [1.54, 1.807) is 0 Å². The highest BCUT2D eigenvalue weighted by Gasteiger charge is 2.17. The number of nitro benzene ring substituents is 1. The van der Waals surface area contributed by atoms with Crippen LogP contribution >= 0.6 is 11.6 Å². The molecule has 0 radical (unpaired) electrons. The van der Waals surface area contributed by atoms with Crippen LogP contribution in [0.5, 0.6) is 0 Å². The molecule has 0 aliphatic heterocycles. The first-order chi connectivity index (χ1) is 6.91. The number of benzene rings is 1. The zero-order valence-corrected chi connectivity index (χ0v) is 8.34. The van der Waals surface area contributed by atoms with Gasteiger partial charge in [0.05, 0.1) is 15.6 Å². The van der Waals surface area contributed by atoms with Crippen LogP contribution in [-0.2, 0) is 4.79 Å². The van der Waals surface area contributed by atoms with Crippen molar-refractivity contribution in [1.29, 1.82) is 0 Å². The number of hydrogen-bond donors (Lipinski definition) is 1. The Kier molecular flexibility index (Phi) is 3.21. The van der Waals surface area contributed by atoms with E-state index in [9.17, 15) is 19.3 Å². The predicted octanol–water partition coefficient (Wildman–Crippen LogP) is 2.35. The van der Waals surface area contributed by atoms with Crippen LogP contribution in [0.15, 0.2) is 12.1 Å². The predicted molar refractivity (Wildman–Crippen MR) is 52.4 cm³/mol. The first kappa shape index (κ1) is 11.4. The second kappa shape index (κ2) is 4.22. The van der Waals surface area contributed by atoms with E-state index in [1.807, 2.05) is 0 Å². The van der Waals surface area contributed by atoms with E-state index < -0.39 is 22.3 Å². The van der Waals surface area contributed by atoms with Gasteiger partial charge < -0.3 is 5.32 Å². The number of nitrogens with zero attached hydrogens (tertiary/aromatic N) is 1. The molecule has 0 fully saturated rings. The summed E-state index contributed by atoms with van der Waals surface area (Å²) in [7, 11) is 0. The molecular formula is C8H6ClFN2O3. The molecule has 0 heterocycles. The molecule has 80 valence electrons. The SMILES string of the molecule is CC(=O)Nc1cc([N+](=O)[O-])c(F)cc1Cl. The number of carbonyl (C=O) groups is 1. The lowest BCUT2D eigenvalue weighted by Crippen LogP contribution is -2.07. The molecule has 0 atom stereocenters. The molecule has 0 saturated heterocycles. The molecule has 0 saturated carbocycles. The number of anilines is 1. The first-order valence-corrected chi connectivity index (χ1v) is 4.20. The van der Waals surface area contributed by atoms with Crippen LogP contribution in [0.3, 0.4) is 0 Å². The Morgan fingerprint density at radius 1 is 1.60 bits per heavy atom. The zero-order valence-electron chi connectivity index (χ0n) is 7.58. The summed E-state index contributed by atoms with van der Waals surface area (Å²) in [5.74, 6) is -1.49. The molecule has 1 N–H and O–H groups in total. The maximum Gasteiger partial charge on any atom is 0.306 e. The van der Waals surface area contributed by atoms with Gasteiger partial charge in [0.1, 0.15) is 0 Å². The van der Waals surface area contributed by atoms with Gasteiger partial charge in [0.2, 0.25) is 11.7 Å². The second-order valence-corrected chi connectivity index (χ2v) is 3.13. The average molecular weight is 233 g/mol. The van der Waals surface area contributed by atoms with Gasteiger partial charge in [-0.3, -0.25) is 14.9 Å². The summed E-state index contributed by atoms with van der Waals surface area (Å²) in [6.07, 6.45) is 0. The quantitative estimate of drug-likeness (QED) is 0.628. The highest BCUT2D eigenvalue weighted by molar-refractivity contribution is 6.33. The van der Waals surface area contributed by atoms with Crippen molar-refractivity contribution in [3.05, 3.63) is 33.1 Å². The molecule has 0 aromatic heterocycles. The zero-order chi connectivity index (χ0) is 11.6. The Hall–Kier alpha value is -1.69. The van der Waals surface area contributed by atoms with Crippen molar-refractivity contribution in [2.75, 3.05) is 5.32 Å². The lowest BCUT2D eigenvalue weighted by atomic mass is 10.2. The van der Waals surface area contributed by atoms with Crippen molar-refractivity contribution in [3.8, 4) is 0 Å². The molecule has 0 unspecified atom stereocenters. The summed E-state index contributed by atoms with van der Waals surface area (Å²) >= 11 is 5.57. The Labute approximate surface area is 89.0 Å². The number of nitrogens with one attached hydrogen (secondary N) is 1. The Morgan fingerprint density at radius 2 is 2.20 bits per heavy atom. The molecule has 1 aromatic rings. The highest BCUT2D eigenvalue weighted by Crippen LogP contribution is 2.29. The summed E-state index contributed by atoms with van der Waals surface area (Å²) in [4.78, 5) is 20.2. The number of halogens is 2. The van der Waals surface area contributed by atoms with Crippen LogP contribution in [-0.4, -0.2) is 10.8 Å². The summed E-state index contributed by atoms with van der Waals surface area (Å²) in [6, 6.07) is 1.66. The van der Waals surface area contributed by atoms with Crippen molar-refractivity contribution < 1.29 is 14.1 Å². The Bertz CT molecular complexity index is 436. The van der Waals surface area contributed by atoms with E-state index in [0.29, 0.717) is 0 Å². The van der Waals surface area contributed by atoms with Crippen LogP contribution in [0.4, 0.5) is 15.8 Å². The van der Waals surface area contributed by atoms with E-state index in [0.717, 1.165) is 12.1 Å². The molecule has 7 heteroatoms. The van der Waals surface area contributed by atoms with Gasteiger partial charge in [-0.15, -0.1) is 0 Å². The monoisotopic (exact) mass is 232 g/mol. The number of nitro groups is 1. The van der Waals surface area contributed by atoms with E-state index >= 15 is 0 Å². The Morgan fingerprint density at radius 3 is 2.67 bits per heavy atom. The van der Waals surface area contributed by atoms with Crippen LogP contribution in [0.1, 0.15) is 6.92 Å². The molecular weight excluding hydrogens is 227 g/mol.